The van der Waals surface area contributed by atoms with Gasteiger partial charge < -0.3 is 9.64 Å². The highest BCUT2D eigenvalue weighted by Crippen LogP contribution is 2.22. The highest BCUT2D eigenvalue weighted by atomic mass is 32.2. The van der Waals surface area contributed by atoms with Gasteiger partial charge >= 0.3 is 0 Å². The van der Waals surface area contributed by atoms with E-state index in [1.54, 1.807) is 6.08 Å². The van der Waals surface area contributed by atoms with Crippen LogP contribution in [0.15, 0.2) is 59.7 Å². The maximum atomic E-state index is 13.8. The zero-order chi connectivity index (χ0) is 20.3. The number of benzene rings is 1. The molecule has 1 atom stereocenters. The third-order valence-electron chi connectivity index (χ3n) is 4.16. The lowest BCUT2D eigenvalue weighted by atomic mass is 10.2. The number of hydrogen-bond donors (Lipinski definition) is 0. The van der Waals surface area contributed by atoms with Crippen molar-refractivity contribution in [1.29, 1.82) is 0 Å². The molecule has 2 aromatic rings. The molecular weight excluding hydrogens is 388 g/mol. The van der Waals surface area contributed by atoms with Crippen LogP contribution in [0.2, 0.25) is 0 Å². The fraction of sp³-hybridized carbons (Fsp3) is 0.263. The van der Waals surface area contributed by atoms with E-state index in [0.717, 1.165) is 18.0 Å². The predicted molar refractivity (Wildman–Crippen MR) is 98.5 cm³/mol. The molecule has 1 aromatic carbocycles. The van der Waals surface area contributed by atoms with Crippen molar-refractivity contribution < 1.29 is 21.9 Å². The summed E-state index contributed by atoms with van der Waals surface area (Å²) in [6.07, 6.45) is 8.99. The first kappa shape index (κ1) is 20.1. The van der Waals surface area contributed by atoms with Crippen molar-refractivity contribution in [3.8, 4) is 0 Å². The summed E-state index contributed by atoms with van der Waals surface area (Å²) in [5.41, 5.74) is 1.85. The highest BCUT2D eigenvalue weighted by Gasteiger charge is 2.21. The number of halogens is 2. The lowest BCUT2D eigenvalue weighted by Crippen LogP contribution is -2.35. The summed E-state index contributed by atoms with van der Waals surface area (Å²) in [6, 6.07) is 3.35. The molecule has 0 N–H and O–H groups in total. The number of nitrogens with zero attached hydrogens (tertiary/aromatic N) is 3. The highest BCUT2D eigenvalue weighted by molar-refractivity contribution is 7.90. The van der Waals surface area contributed by atoms with Crippen LogP contribution in [0, 0.1) is 11.6 Å². The van der Waals surface area contributed by atoms with Gasteiger partial charge in [0.15, 0.2) is 0 Å². The molecule has 0 bridgehead atoms. The van der Waals surface area contributed by atoms with Gasteiger partial charge in [-0.2, -0.15) is 0 Å². The second kappa shape index (κ2) is 8.15. The van der Waals surface area contributed by atoms with Crippen LogP contribution < -0.4 is 0 Å². The zero-order valence-electron chi connectivity index (χ0n) is 15.3. The van der Waals surface area contributed by atoms with Crippen molar-refractivity contribution in [2.24, 2.45) is 0 Å². The van der Waals surface area contributed by atoms with E-state index in [-0.39, 0.29) is 17.3 Å². The molecule has 0 fully saturated rings. The van der Waals surface area contributed by atoms with E-state index in [9.17, 15) is 17.2 Å². The first-order valence-electron chi connectivity index (χ1n) is 8.42. The smallest absolute Gasteiger partial charge is 0.246 e. The molecule has 0 amide bonds. The summed E-state index contributed by atoms with van der Waals surface area (Å²) in [5, 5.41) is -0.235. The molecule has 6 nitrogen and oxygen atoms in total. The summed E-state index contributed by atoms with van der Waals surface area (Å²) in [5.74, 6) is -1.31. The minimum atomic E-state index is -3.47. The SMILES string of the molecule is CC1=CC=CC(OCc2ccc(F)cc2F)N1Cc1cnc(S(C)(=O)=O)nc1. The average Bonchev–Trinajstić information content (AvgIpc) is 2.63. The molecule has 0 aliphatic carbocycles. The first-order valence-corrected chi connectivity index (χ1v) is 10.3. The third kappa shape index (κ3) is 4.79. The Bertz CT molecular complexity index is 1020. The molecule has 0 saturated heterocycles. The van der Waals surface area contributed by atoms with Gasteiger partial charge in [0, 0.05) is 48.1 Å². The number of rotatable bonds is 6. The molecule has 28 heavy (non-hydrogen) atoms. The van der Waals surface area contributed by atoms with Gasteiger partial charge in [0.1, 0.15) is 17.9 Å². The normalized spacial score (nSPS) is 16.9. The lowest BCUT2D eigenvalue weighted by Gasteiger charge is -2.34. The molecule has 1 aliphatic heterocycles. The average molecular weight is 407 g/mol. The van der Waals surface area contributed by atoms with Gasteiger partial charge in [-0.05, 0) is 25.1 Å². The van der Waals surface area contributed by atoms with Crippen molar-refractivity contribution >= 4 is 9.84 Å². The molecule has 1 aliphatic rings. The van der Waals surface area contributed by atoms with E-state index in [1.165, 1.54) is 24.5 Å². The van der Waals surface area contributed by atoms with E-state index in [0.29, 0.717) is 12.1 Å². The van der Waals surface area contributed by atoms with Crippen LogP contribution in [0.1, 0.15) is 18.1 Å². The molecule has 2 heterocycles. The summed E-state index contributed by atoms with van der Waals surface area (Å²) in [7, 11) is -3.47. The van der Waals surface area contributed by atoms with Crippen molar-refractivity contribution in [2.45, 2.75) is 31.5 Å². The fourth-order valence-electron chi connectivity index (χ4n) is 2.68. The van der Waals surface area contributed by atoms with Crippen molar-refractivity contribution in [3.05, 3.63) is 77.3 Å². The van der Waals surface area contributed by atoms with Crippen LogP contribution in [0.25, 0.3) is 0 Å². The van der Waals surface area contributed by atoms with E-state index in [1.807, 2.05) is 24.0 Å². The van der Waals surface area contributed by atoms with Gasteiger partial charge in [0.25, 0.3) is 0 Å². The Labute approximate surface area is 162 Å². The van der Waals surface area contributed by atoms with E-state index in [2.05, 4.69) is 9.97 Å². The molecule has 1 aromatic heterocycles. The quantitative estimate of drug-likeness (QED) is 0.686. The van der Waals surface area contributed by atoms with Crippen LogP contribution in [0.5, 0.6) is 0 Å². The Morgan fingerprint density at radius 3 is 2.57 bits per heavy atom. The van der Waals surface area contributed by atoms with Gasteiger partial charge in [0.2, 0.25) is 15.0 Å². The number of hydrogen-bond acceptors (Lipinski definition) is 6. The van der Waals surface area contributed by atoms with Gasteiger partial charge in [-0.3, -0.25) is 0 Å². The second-order valence-corrected chi connectivity index (χ2v) is 8.31. The van der Waals surface area contributed by atoms with Crippen LogP contribution in [-0.4, -0.2) is 35.8 Å². The van der Waals surface area contributed by atoms with Gasteiger partial charge in [-0.1, -0.05) is 12.1 Å². The minimum absolute atomic E-state index is 0.0333. The Balaban J connectivity index is 1.72. The van der Waals surface area contributed by atoms with Crippen LogP contribution in [0.4, 0.5) is 8.78 Å². The van der Waals surface area contributed by atoms with E-state index in [4.69, 9.17) is 4.74 Å². The van der Waals surface area contributed by atoms with Crippen LogP contribution in [0.3, 0.4) is 0 Å². The standard InChI is InChI=1S/C19H19F2N3O3S/c1-13-4-3-5-18(27-12-15-6-7-16(20)8-17(15)21)24(13)11-14-9-22-19(23-10-14)28(2,25)26/h3-10,18H,11-12H2,1-2H3. The van der Waals surface area contributed by atoms with Crippen molar-refractivity contribution in [1.82, 2.24) is 14.9 Å². The molecule has 0 saturated carbocycles. The summed E-state index contributed by atoms with van der Waals surface area (Å²) >= 11 is 0. The fourth-order valence-corrected chi connectivity index (χ4v) is 3.17. The predicted octanol–water partition coefficient (Wildman–Crippen LogP) is 2.98. The van der Waals surface area contributed by atoms with E-state index >= 15 is 0 Å². The summed E-state index contributed by atoms with van der Waals surface area (Å²) in [6.45, 7) is 2.23. The van der Waals surface area contributed by atoms with Crippen LogP contribution in [-0.2, 0) is 27.7 Å². The van der Waals surface area contributed by atoms with Crippen LogP contribution >= 0.6 is 0 Å². The number of sulfone groups is 1. The Hall–Kier alpha value is -2.65. The molecule has 0 radical (unpaired) electrons. The molecule has 3 rings (SSSR count). The minimum Gasteiger partial charge on any atom is -0.350 e. The third-order valence-corrected chi connectivity index (χ3v) is 5.04. The number of aromatic nitrogens is 2. The maximum Gasteiger partial charge on any atom is 0.246 e. The topological polar surface area (TPSA) is 72.4 Å². The number of allylic oxidation sites excluding steroid dienone is 3. The molecule has 9 heteroatoms. The maximum absolute atomic E-state index is 13.8. The second-order valence-electron chi connectivity index (χ2n) is 6.40. The molecule has 1 unspecified atom stereocenters. The lowest BCUT2D eigenvalue weighted by molar-refractivity contribution is -0.0268. The Morgan fingerprint density at radius 1 is 1.21 bits per heavy atom. The summed E-state index contributed by atoms with van der Waals surface area (Å²) in [4.78, 5) is 9.68. The Morgan fingerprint density at radius 2 is 1.93 bits per heavy atom. The van der Waals surface area contributed by atoms with E-state index < -0.39 is 27.7 Å². The first-order chi connectivity index (χ1) is 13.2. The monoisotopic (exact) mass is 407 g/mol. The van der Waals surface area contributed by atoms with Gasteiger partial charge in [0.05, 0.1) is 6.61 Å². The molecule has 0 spiro atoms. The Kier molecular flexibility index (Phi) is 5.85. The van der Waals surface area contributed by atoms with Crippen molar-refractivity contribution in [2.75, 3.05) is 6.26 Å². The van der Waals surface area contributed by atoms with Gasteiger partial charge in [-0.25, -0.2) is 27.2 Å². The molecular formula is C19H19F2N3O3S. The largest absolute Gasteiger partial charge is 0.350 e. The summed E-state index contributed by atoms with van der Waals surface area (Å²) < 4.78 is 55.7. The number of ether oxygens (including phenoxy) is 1. The van der Waals surface area contributed by atoms with Crippen molar-refractivity contribution in [3.63, 3.8) is 0 Å². The van der Waals surface area contributed by atoms with Gasteiger partial charge in [-0.15, -0.1) is 0 Å². The zero-order valence-corrected chi connectivity index (χ0v) is 16.2. The molecule has 148 valence electrons.